The standard InChI is InChI=1S/C25H30N4O.ClH/c1-26-23-11-6-5-10-21(23)22-12-15-29(25(30)24(22)26)14-7-13-27-16-18-28(19-17-27)20-8-3-2-4-9-20;/h2-6,8-11H,7,12-19H2,1H3;1H. The minimum absolute atomic E-state index is 0. The number of carbonyl (C=O) groups excluding carboxylic acids is 1. The van der Waals surface area contributed by atoms with Gasteiger partial charge in [0.25, 0.3) is 5.91 Å². The lowest BCUT2D eigenvalue weighted by atomic mass is 10.0. The Morgan fingerprint density at radius 3 is 2.32 bits per heavy atom. The van der Waals surface area contributed by atoms with E-state index in [-0.39, 0.29) is 18.3 Å². The zero-order chi connectivity index (χ0) is 20.5. The number of piperazine rings is 1. The summed E-state index contributed by atoms with van der Waals surface area (Å²) in [5, 5.41) is 1.24. The Morgan fingerprint density at radius 2 is 1.55 bits per heavy atom. The maximum Gasteiger partial charge on any atom is 0.270 e. The maximum absolute atomic E-state index is 13.2. The number of benzene rings is 2. The molecule has 0 N–H and O–H groups in total. The number of amides is 1. The lowest BCUT2D eigenvalue weighted by Gasteiger charge is -2.36. The molecule has 5 nitrogen and oxygen atoms in total. The monoisotopic (exact) mass is 438 g/mol. The van der Waals surface area contributed by atoms with Gasteiger partial charge in [-0.1, -0.05) is 36.4 Å². The third-order valence-corrected chi connectivity index (χ3v) is 6.73. The van der Waals surface area contributed by atoms with Gasteiger partial charge >= 0.3 is 0 Å². The van der Waals surface area contributed by atoms with Crippen LogP contribution in [-0.2, 0) is 13.5 Å². The van der Waals surface area contributed by atoms with Crippen LogP contribution in [0.1, 0.15) is 22.5 Å². The zero-order valence-corrected chi connectivity index (χ0v) is 19.0. The molecule has 0 saturated carbocycles. The van der Waals surface area contributed by atoms with Crippen LogP contribution in [0.2, 0.25) is 0 Å². The largest absolute Gasteiger partial charge is 0.369 e. The summed E-state index contributed by atoms with van der Waals surface area (Å²) in [6, 6.07) is 19.1. The van der Waals surface area contributed by atoms with Gasteiger partial charge in [0.1, 0.15) is 5.69 Å². The Morgan fingerprint density at radius 1 is 0.839 bits per heavy atom. The van der Waals surface area contributed by atoms with E-state index in [9.17, 15) is 4.79 Å². The molecule has 164 valence electrons. The van der Waals surface area contributed by atoms with Crippen molar-refractivity contribution < 1.29 is 4.79 Å². The number of hydrogen-bond acceptors (Lipinski definition) is 3. The summed E-state index contributed by atoms with van der Waals surface area (Å²) in [5.74, 6) is 0.198. The summed E-state index contributed by atoms with van der Waals surface area (Å²) >= 11 is 0. The molecule has 2 aromatic carbocycles. The fraction of sp³-hybridized carbons (Fsp3) is 0.400. The minimum Gasteiger partial charge on any atom is -0.369 e. The fourth-order valence-electron chi connectivity index (χ4n) is 5.06. The van der Waals surface area contributed by atoms with E-state index in [0.717, 1.165) is 69.9 Å². The van der Waals surface area contributed by atoms with Crippen LogP contribution in [0.3, 0.4) is 0 Å². The number of aromatic nitrogens is 1. The second-order valence-electron chi connectivity index (χ2n) is 8.46. The van der Waals surface area contributed by atoms with E-state index in [1.165, 1.54) is 16.6 Å². The highest BCUT2D eigenvalue weighted by Crippen LogP contribution is 2.30. The molecule has 0 unspecified atom stereocenters. The summed E-state index contributed by atoms with van der Waals surface area (Å²) in [7, 11) is 2.02. The van der Waals surface area contributed by atoms with Gasteiger partial charge in [0, 0.05) is 62.9 Å². The maximum atomic E-state index is 13.2. The Kier molecular flexibility index (Phi) is 6.54. The van der Waals surface area contributed by atoms with Gasteiger partial charge < -0.3 is 14.4 Å². The van der Waals surface area contributed by atoms with Gasteiger partial charge in [-0.2, -0.15) is 0 Å². The average Bonchev–Trinajstić information content (AvgIpc) is 3.09. The van der Waals surface area contributed by atoms with Crippen LogP contribution in [0.15, 0.2) is 54.6 Å². The van der Waals surface area contributed by atoms with Crippen molar-refractivity contribution >= 4 is 34.9 Å². The van der Waals surface area contributed by atoms with Crippen molar-refractivity contribution in [3.63, 3.8) is 0 Å². The molecule has 6 heteroatoms. The Balaban J connectivity index is 0.00000231. The molecule has 1 fully saturated rings. The van der Waals surface area contributed by atoms with E-state index in [1.54, 1.807) is 0 Å². The molecule has 31 heavy (non-hydrogen) atoms. The van der Waals surface area contributed by atoms with E-state index in [4.69, 9.17) is 0 Å². The van der Waals surface area contributed by atoms with Gasteiger partial charge in [-0.3, -0.25) is 9.69 Å². The predicted octanol–water partition coefficient (Wildman–Crippen LogP) is 3.81. The smallest absolute Gasteiger partial charge is 0.270 e. The summed E-state index contributed by atoms with van der Waals surface area (Å²) in [6.45, 7) is 7.08. The van der Waals surface area contributed by atoms with Crippen molar-refractivity contribution in [3.05, 3.63) is 65.9 Å². The van der Waals surface area contributed by atoms with E-state index in [2.05, 4.69) is 67.8 Å². The van der Waals surface area contributed by atoms with Gasteiger partial charge in [0.2, 0.25) is 0 Å². The molecular weight excluding hydrogens is 408 g/mol. The number of nitrogens with zero attached hydrogens (tertiary/aromatic N) is 4. The van der Waals surface area contributed by atoms with Gasteiger partial charge in [0.05, 0.1) is 0 Å². The molecule has 3 aromatic rings. The second kappa shape index (κ2) is 9.33. The molecule has 0 bridgehead atoms. The Hall–Kier alpha value is -2.50. The lowest BCUT2D eigenvalue weighted by Crippen LogP contribution is -2.47. The van der Waals surface area contributed by atoms with Crippen molar-refractivity contribution in [1.82, 2.24) is 14.4 Å². The number of anilines is 1. The molecule has 0 spiro atoms. The summed E-state index contributed by atoms with van der Waals surface area (Å²) in [6.07, 6.45) is 1.99. The summed E-state index contributed by atoms with van der Waals surface area (Å²) < 4.78 is 2.09. The molecule has 0 atom stereocenters. The van der Waals surface area contributed by atoms with Gasteiger partial charge in [0.15, 0.2) is 0 Å². The molecule has 2 aliphatic heterocycles. The number of rotatable bonds is 5. The predicted molar refractivity (Wildman–Crippen MR) is 129 cm³/mol. The molecule has 0 aliphatic carbocycles. The van der Waals surface area contributed by atoms with E-state index >= 15 is 0 Å². The van der Waals surface area contributed by atoms with Crippen LogP contribution in [0.5, 0.6) is 0 Å². The quantitative estimate of drug-likeness (QED) is 0.607. The number of halogens is 1. The van der Waals surface area contributed by atoms with Crippen molar-refractivity contribution in [2.24, 2.45) is 7.05 Å². The highest BCUT2D eigenvalue weighted by atomic mass is 35.5. The molecule has 3 heterocycles. The van der Waals surface area contributed by atoms with Crippen LogP contribution >= 0.6 is 12.4 Å². The Bertz CT molecular complexity index is 1040. The van der Waals surface area contributed by atoms with Crippen LogP contribution in [0, 0.1) is 0 Å². The topological polar surface area (TPSA) is 31.7 Å². The first kappa shape index (κ1) is 21.7. The van der Waals surface area contributed by atoms with Crippen LogP contribution < -0.4 is 4.90 Å². The zero-order valence-electron chi connectivity index (χ0n) is 18.2. The highest BCUT2D eigenvalue weighted by molar-refractivity contribution is 6.02. The van der Waals surface area contributed by atoms with Crippen LogP contribution in [-0.4, -0.2) is 66.1 Å². The summed E-state index contributed by atoms with van der Waals surface area (Å²) in [5.41, 5.74) is 4.60. The molecule has 1 saturated heterocycles. The first-order valence-electron chi connectivity index (χ1n) is 11.1. The first-order valence-corrected chi connectivity index (χ1v) is 11.1. The third-order valence-electron chi connectivity index (χ3n) is 6.73. The number of hydrogen-bond donors (Lipinski definition) is 0. The first-order chi connectivity index (χ1) is 14.7. The van der Waals surface area contributed by atoms with E-state index in [1.807, 2.05) is 13.1 Å². The van der Waals surface area contributed by atoms with Crippen molar-refractivity contribution in [1.29, 1.82) is 0 Å². The molecule has 0 radical (unpaired) electrons. The number of para-hydroxylation sites is 2. The third kappa shape index (κ3) is 4.17. The summed E-state index contributed by atoms with van der Waals surface area (Å²) in [4.78, 5) is 20.2. The van der Waals surface area contributed by atoms with Crippen LogP contribution in [0.25, 0.3) is 10.9 Å². The van der Waals surface area contributed by atoms with Crippen LogP contribution in [0.4, 0.5) is 5.69 Å². The van der Waals surface area contributed by atoms with Crippen molar-refractivity contribution in [2.45, 2.75) is 12.8 Å². The number of carbonyl (C=O) groups is 1. The molecule has 5 rings (SSSR count). The number of aryl methyl sites for hydroxylation is 1. The second-order valence-corrected chi connectivity index (χ2v) is 8.46. The van der Waals surface area contributed by atoms with E-state index < -0.39 is 0 Å². The SMILES string of the molecule is Cl.Cn1c2c(c3ccccc31)CCN(CCCN1CCN(c3ccccc3)CC1)C2=O. The molecular formula is C25H31ClN4O. The molecule has 1 amide bonds. The normalized spacial score (nSPS) is 17.0. The average molecular weight is 439 g/mol. The van der Waals surface area contributed by atoms with Gasteiger partial charge in [-0.15, -0.1) is 12.4 Å². The lowest BCUT2D eigenvalue weighted by molar-refractivity contribution is 0.0721. The molecule has 2 aliphatic rings. The van der Waals surface area contributed by atoms with Gasteiger partial charge in [-0.05, 0) is 43.1 Å². The van der Waals surface area contributed by atoms with Crippen molar-refractivity contribution in [2.75, 3.05) is 50.7 Å². The van der Waals surface area contributed by atoms with Gasteiger partial charge in [-0.25, -0.2) is 0 Å². The highest BCUT2D eigenvalue weighted by Gasteiger charge is 2.29. The minimum atomic E-state index is 0. The van der Waals surface area contributed by atoms with E-state index in [0.29, 0.717) is 0 Å². The van der Waals surface area contributed by atoms with Crippen molar-refractivity contribution in [3.8, 4) is 0 Å². The fourth-order valence-corrected chi connectivity index (χ4v) is 5.06. The number of fused-ring (bicyclic) bond motifs is 3. The molecule has 1 aromatic heterocycles. The Labute approximate surface area is 190 Å².